The van der Waals surface area contributed by atoms with Crippen LogP contribution in [0, 0.1) is 0 Å². The van der Waals surface area contributed by atoms with Gasteiger partial charge in [-0.05, 0) is 13.8 Å². The zero-order chi connectivity index (χ0) is 12.6. The highest BCUT2D eigenvalue weighted by atomic mass is 16.4. The van der Waals surface area contributed by atoms with Gasteiger partial charge in [0.15, 0.2) is 5.69 Å². The molecule has 7 nitrogen and oxygen atoms in total. The summed E-state index contributed by atoms with van der Waals surface area (Å²) in [6.45, 7) is 5.24. The predicted octanol–water partition coefficient (Wildman–Crippen LogP) is -0.398. The summed E-state index contributed by atoms with van der Waals surface area (Å²) in [6, 6.07) is 0.255. The Morgan fingerprint density at radius 3 is 2.65 bits per heavy atom. The molecule has 17 heavy (non-hydrogen) atoms. The second-order valence-corrected chi connectivity index (χ2v) is 4.48. The van der Waals surface area contributed by atoms with E-state index in [1.54, 1.807) is 11.6 Å². The van der Waals surface area contributed by atoms with Gasteiger partial charge in [0, 0.05) is 19.1 Å². The minimum Gasteiger partial charge on any atom is -0.476 e. The molecule has 2 unspecified atom stereocenters. The molecule has 0 radical (unpaired) electrons. The lowest BCUT2D eigenvalue weighted by atomic mass is 10.0. The fourth-order valence-corrected chi connectivity index (χ4v) is 1.85. The summed E-state index contributed by atoms with van der Waals surface area (Å²) in [5, 5.41) is 25.5. The molecular formula is C10H16N4O3. The highest BCUT2D eigenvalue weighted by molar-refractivity contribution is 5.84. The monoisotopic (exact) mass is 240 g/mol. The summed E-state index contributed by atoms with van der Waals surface area (Å²) in [5.41, 5.74) is -0.0352. The first kappa shape index (κ1) is 12.0. The molecule has 2 atom stereocenters. The van der Waals surface area contributed by atoms with Crippen LogP contribution in [-0.4, -0.2) is 61.3 Å². The van der Waals surface area contributed by atoms with Crippen LogP contribution in [0.3, 0.4) is 0 Å². The second-order valence-electron chi connectivity index (χ2n) is 4.48. The van der Waals surface area contributed by atoms with Gasteiger partial charge in [0.05, 0.1) is 18.3 Å². The lowest BCUT2D eigenvalue weighted by molar-refractivity contribution is -0.000334. The number of nitrogens with zero attached hydrogens (tertiary/aromatic N) is 4. The Bertz CT molecular complexity index is 411. The number of aliphatic hydroxyl groups is 1. The molecule has 1 aromatic rings. The van der Waals surface area contributed by atoms with E-state index in [0.29, 0.717) is 0 Å². The normalized spacial score (nSPS) is 20.9. The second kappa shape index (κ2) is 4.42. The summed E-state index contributed by atoms with van der Waals surface area (Å²) < 4.78 is 1.58. The predicted molar refractivity (Wildman–Crippen MR) is 58.7 cm³/mol. The van der Waals surface area contributed by atoms with E-state index in [-0.39, 0.29) is 23.9 Å². The molecule has 1 aliphatic heterocycles. The molecule has 0 saturated carbocycles. The lowest BCUT2D eigenvalue weighted by Gasteiger charge is -2.43. The van der Waals surface area contributed by atoms with Gasteiger partial charge in [-0.3, -0.25) is 4.90 Å². The third-order valence-electron chi connectivity index (χ3n) is 3.27. The smallest absolute Gasteiger partial charge is 0.358 e. The molecule has 2 heterocycles. The van der Waals surface area contributed by atoms with Crippen LogP contribution in [0.2, 0.25) is 0 Å². The standard InChI is InChI=1S/C10H16N4O3/c1-6(7(2)15)13-3-8(4-13)14-5-9(10(16)17)11-12-14/h5-8,15H,3-4H2,1-2H3,(H,16,17). The summed E-state index contributed by atoms with van der Waals surface area (Å²) in [7, 11) is 0. The van der Waals surface area contributed by atoms with Gasteiger partial charge in [-0.15, -0.1) is 5.10 Å². The van der Waals surface area contributed by atoms with Crippen molar-refractivity contribution in [2.75, 3.05) is 13.1 Å². The van der Waals surface area contributed by atoms with Crippen LogP contribution < -0.4 is 0 Å². The van der Waals surface area contributed by atoms with E-state index < -0.39 is 5.97 Å². The van der Waals surface area contributed by atoms with Crippen molar-refractivity contribution in [1.29, 1.82) is 0 Å². The third-order valence-corrected chi connectivity index (χ3v) is 3.27. The van der Waals surface area contributed by atoms with Gasteiger partial charge in [-0.2, -0.15) is 0 Å². The molecule has 1 aliphatic rings. The van der Waals surface area contributed by atoms with E-state index >= 15 is 0 Å². The molecule has 2 N–H and O–H groups in total. The van der Waals surface area contributed by atoms with Crippen molar-refractivity contribution in [2.45, 2.75) is 32.0 Å². The number of carboxylic acids is 1. The molecule has 0 spiro atoms. The molecule has 1 saturated heterocycles. The number of carbonyl (C=O) groups is 1. The van der Waals surface area contributed by atoms with Crippen molar-refractivity contribution in [3.63, 3.8) is 0 Å². The van der Waals surface area contributed by atoms with Crippen LogP contribution in [-0.2, 0) is 0 Å². The number of hydrogen-bond donors (Lipinski definition) is 2. The largest absolute Gasteiger partial charge is 0.476 e. The fraction of sp³-hybridized carbons (Fsp3) is 0.700. The lowest BCUT2D eigenvalue weighted by Crippen LogP contribution is -2.54. The van der Waals surface area contributed by atoms with Crippen LogP contribution in [0.1, 0.15) is 30.4 Å². The molecule has 0 aliphatic carbocycles. The Morgan fingerprint density at radius 2 is 2.18 bits per heavy atom. The summed E-state index contributed by atoms with van der Waals surface area (Å²) in [5.74, 6) is -1.07. The minimum absolute atomic E-state index is 0.0352. The molecular weight excluding hydrogens is 224 g/mol. The highest BCUT2D eigenvalue weighted by Crippen LogP contribution is 2.23. The van der Waals surface area contributed by atoms with Gasteiger partial charge < -0.3 is 10.2 Å². The third kappa shape index (κ3) is 2.29. The highest BCUT2D eigenvalue weighted by Gasteiger charge is 2.34. The summed E-state index contributed by atoms with van der Waals surface area (Å²) in [6.07, 6.45) is 1.07. The minimum atomic E-state index is -1.07. The Hall–Kier alpha value is -1.47. The van der Waals surface area contributed by atoms with Gasteiger partial charge in [0.25, 0.3) is 0 Å². The molecule has 0 aromatic carbocycles. The Balaban J connectivity index is 1.93. The number of hydrogen-bond acceptors (Lipinski definition) is 5. The fourth-order valence-electron chi connectivity index (χ4n) is 1.85. The molecule has 7 heteroatoms. The number of aromatic nitrogens is 3. The maximum atomic E-state index is 10.6. The van der Waals surface area contributed by atoms with E-state index in [9.17, 15) is 9.90 Å². The summed E-state index contributed by atoms with van der Waals surface area (Å²) in [4.78, 5) is 12.8. The number of rotatable bonds is 4. The van der Waals surface area contributed by atoms with Crippen LogP contribution >= 0.6 is 0 Å². The summed E-state index contributed by atoms with van der Waals surface area (Å²) >= 11 is 0. The molecule has 1 fully saturated rings. The first-order chi connectivity index (χ1) is 7.99. The number of aliphatic hydroxyl groups excluding tert-OH is 1. The first-order valence-corrected chi connectivity index (χ1v) is 5.56. The van der Waals surface area contributed by atoms with Gasteiger partial charge in [-0.25, -0.2) is 9.48 Å². The van der Waals surface area contributed by atoms with E-state index in [4.69, 9.17) is 5.11 Å². The number of carboxylic acid groups (broad SMARTS) is 1. The van der Waals surface area contributed by atoms with Crippen LogP contribution in [0.5, 0.6) is 0 Å². The Labute approximate surface area is 98.7 Å². The zero-order valence-electron chi connectivity index (χ0n) is 9.82. The molecule has 1 aromatic heterocycles. The van der Waals surface area contributed by atoms with Crippen LogP contribution in [0.15, 0.2) is 6.20 Å². The van der Waals surface area contributed by atoms with Crippen LogP contribution in [0.25, 0.3) is 0 Å². The average molecular weight is 240 g/mol. The van der Waals surface area contributed by atoms with Crippen molar-refractivity contribution >= 4 is 5.97 Å². The van der Waals surface area contributed by atoms with Crippen molar-refractivity contribution < 1.29 is 15.0 Å². The average Bonchev–Trinajstić information content (AvgIpc) is 2.64. The molecule has 0 amide bonds. The van der Waals surface area contributed by atoms with E-state index in [0.717, 1.165) is 13.1 Å². The maximum absolute atomic E-state index is 10.6. The number of likely N-dealkylation sites (tertiary alicyclic amines) is 1. The van der Waals surface area contributed by atoms with Crippen molar-refractivity contribution in [2.24, 2.45) is 0 Å². The van der Waals surface area contributed by atoms with E-state index in [1.807, 2.05) is 6.92 Å². The maximum Gasteiger partial charge on any atom is 0.358 e. The quantitative estimate of drug-likeness (QED) is 0.744. The van der Waals surface area contributed by atoms with Crippen molar-refractivity contribution in [3.8, 4) is 0 Å². The van der Waals surface area contributed by atoms with E-state index in [2.05, 4.69) is 15.2 Å². The topological polar surface area (TPSA) is 91.5 Å². The molecule has 2 rings (SSSR count). The van der Waals surface area contributed by atoms with Gasteiger partial charge >= 0.3 is 5.97 Å². The van der Waals surface area contributed by atoms with Gasteiger partial charge in [-0.1, -0.05) is 5.21 Å². The van der Waals surface area contributed by atoms with E-state index in [1.165, 1.54) is 6.20 Å². The number of aromatic carboxylic acids is 1. The molecule has 94 valence electrons. The molecule has 0 bridgehead atoms. The van der Waals surface area contributed by atoms with Crippen molar-refractivity contribution in [1.82, 2.24) is 19.9 Å². The first-order valence-electron chi connectivity index (χ1n) is 5.56. The van der Waals surface area contributed by atoms with Crippen molar-refractivity contribution in [3.05, 3.63) is 11.9 Å². The Kier molecular flexibility index (Phi) is 3.12. The van der Waals surface area contributed by atoms with Crippen LogP contribution in [0.4, 0.5) is 0 Å². The van der Waals surface area contributed by atoms with Gasteiger partial charge in [0.2, 0.25) is 0 Å². The SMILES string of the molecule is CC(O)C(C)N1CC(n2cc(C(=O)O)nn2)C1. The Morgan fingerprint density at radius 1 is 1.53 bits per heavy atom. The zero-order valence-corrected chi connectivity index (χ0v) is 9.82. The van der Waals surface area contributed by atoms with Gasteiger partial charge in [0.1, 0.15) is 0 Å².